The highest BCUT2D eigenvalue weighted by molar-refractivity contribution is 6.17. The number of hydrogen-bond acceptors (Lipinski definition) is 3. The first kappa shape index (κ1) is 13.6. The van der Waals surface area contributed by atoms with Crippen molar-refractivity contribution < 1.29 is 4.39 Å². The number of rotatable bonds is 2. The highest BCUT2D eigenvalue weighted by atomic mass is 35.5. The fraction of sp³-hybridized carbons (Fsp3) is 0.615. The Morgan fingerprint density at radius 2 is 2.17 bits per heavy atom. The Morgan fingerprint density at radius 3 is 2.78 bits per heavy atom. The number of likely N-dealkylation sites (N-methyl/N-ethyl adjacent to an activating group) is 1. The SMILES string of the molecule is CN1CCN(c2ncc(F)cc2CCl)CC1(C)C. The van der Waals surface area contributed by atoms with Crippen molar-refractivity contribution in [3.8, 4) is 0 Å². The summed E-state index contributed by atoms with van der Waals surface area (Å²) in [5.74, 6) is 0.766. The largest absolute Gasteiger partial charge is 0.353 e. The molecule has 0 atom stereocenters. The van der Waals surface area contributed by atoms with Crippen molar-refractivity contribution in [2.45, 2.75) is 25.3 Å². The summed E-state index contributed by atoms with van der Waals surface area (Å²) in [5, 5.41) is 0. The van der Waals surface area contributed by atoms with Gasteiger partial charge < -0.3 is 4.90 Å². The average molecular weight is 272 g/mol. The number of aromatic nitrogens is 1. The minimum atomic E-state index is -0.331. The van der Waals surface area contributed by atoms with E-state index in [1.54, 1.807) is 0 Å². The van der Waals surface area contributed by atoms with Gasteiger partial charge in [-0.3, -0.25) is 4.90 Å². The second-order valence-electron chi connectivity index (χ2n) is 5.43. The molecular weight excluding hydrogens is 253 g/mol. The molecular formula is C13H19ClFN3. The van der Waals surface area contributed by atoms with E-state index in [0.717, 1.165) is 31.0 Å². The van der Waals surface area contributed by atoms with Gasteiger partial charge in [0.05, 0.1) is 12.1 Å². The third kappa shape index (κ3) is 2.59. The molecule has 100 valence electrons. The zero-order chi connectivity index (χ0) is 13.3. The molecule has 2 rings (SSSR count). The van der Waals surface area contributed by atoms with E-state index >= 15 is 0 Å². The number of pyridine rings is 1. The lowest BCUT2D eigenvalue weighted by molar-refractivity contribution is 0.138. The summed E-state index contributed by atoms with van der Waals surface area (Å²) in [6, 6.07) is 1.47. The van der Waals surface area contributed by atoms with E-state index in [9.17, 15) is 4.39 Å². The van der Waals surface area contributed by atoms with E-state index in [0.29, 0.717) is 0 Å². The topological polar surface area (TPSA) is 19.4 Å². The van der Waals surface area contributed by atoms with Crippen molar-refractivity contribution in [3.63, 3.8) is 0 Å². The van der Waals surface area contributed by atoms with Gasteiger partial charge in [-0.05, 0) is 27.0 Å². The standard InChI is InChI=1S/C13H19ClFN3/c1-13(2)9-18(5-4-17(13)3)12-10(7-14)6-11(15)8-16-12/h6,8H,4-5,7,9H2,1-3H3. The van der Waals surface area contributed by atoms with E-state index in [1.165, 1.54) is 12.3 Å². The third-order valence-corrected chi connectivity index (χ3v) is 3.96. The third-order valence-electron chi connectivity index (χ3n) is 3.67. The van der Waals surface area contributed by atoms with Crippen LogP contribution < -0.4 is 4.90 Å². The van der Waals surface area contributed by atoms with Crippen LogP contribution >= 0.6 is 11.6 Å². The minimum Gasteiger partial charge on any atom is -0.353 e. The number of nitrogens with zero attached hydrogens (tertiary/aromatic N) is 3. The molecule has 1 aromatic rings. The monoisotopic (exact) mass is 271 g/mol. The molecule has 1 fully saturated rings. The lowest BCUT2D eigenvalue weighted by Crippen LogP contribution is -2.58. The smallest absolute Gasteiger partial charge is 0.141 e. The lowest BCUT2D eigenvalue weighted by atomic mass is 9.99. The van der Waals surface area contributed by atoms with E-state index in [4.69, 9.17) is 11.6 Å². The summed E-state index contributed by atoms with van der Waals surface area (Å²) < 4.78 is 13.2. The van der Waals surface area contributed by atoms with Crippen LogP contribution in [0.15, 0.2) is 12.3 Å². The summed E-state index contributed by atoms with van der Waals surface area (Å²) in [5.41, 5.74) is 0.842. The molecule has 0 bridgehead atoms. The maximum atomic E-state index is 13.2. The van der Waals surface area contributed by atoms with Crippen LogP contribution in [0.25, 0.3) is 0 Å². The van der Waals surface area contributed by atoms with Crippen LogP contribution in [0.4, 0.5) is 10.2 Å². The second kappa shape index (κ2) is 5.02. The van der Waals surface area contributed by atoms with Gasteiger partial charge in [-0.15, -0.1) is 11.6 Å². The van der Waals surface area contributed by atoms with Crippen LogP contribution in [-0.2, 0) is 5.88 Å². The Kier molecular flexibility index (Phi) is 3.78. The fourth-order valence-corrected chi connectivity index (χ4v) is 2.47. The highest BCUT2D eigenvalue weighted by Crippen LogP contribution is 2.26. The zero-order valence-corrected chi connectivity index (χ0v) is 11.8. The van der Waals surface area contributed by atoms with E-state index in [2.05, 4.69) is 35.7 Å². The molecule has 0 aliphatic carbocycles. The van der Waals surface area contributed by atoms with Crippen LogP contribution in [0.3, 0.4) is 0 Å². The van der Waals surface area contributed by atoms with Gasteiger partial charge in [0.15, 0.2) is 0 Å². The van der Waals surface area contributed by atoms with Gasteiger partial charge in [0.1, 0.15) is 11.6 Å². The van der Waals surface area contributed by atoms with Crippen molar-refractivity contribution >= 4 is 17.4 Å². The zero-order valence-electron chi connectivity index (χ0n) is 11.1. The van der Waals surface area contributed by atoms with Crippen LogP contribution in [0.2, 0.25) is 0 Å². The van der Waals surface area contributed by atoms with Crippen molar-refractivity contribution in [3.05, 3.63) is 23.6 Å². The normalized spacial score (nSPS) is 20.2. The second-order valence-corrected chi connectivity index (χ2v) is 5.69. The number of hydrogen-bond donors (Lipinski definition) is 0. The van der Waals surface area contributed by atoms with Crippen LogP contribution in [0.5, 0.6) is 0 Å². The predicted molar refractivity (Wildman–Crippen MR) is 72.7 cm³/mol. The predicted octanol–water partition coefficient (Wildman–Crippen LogP) is 2.49. The van der Waals surface area contributed by atoms with E-state index < -0.39 is 0 Å². The van der Waals surface area contributed by atoms with E-state index in [-0.39, 0.29) is 17.2 Å². The Bertz CT molecular complexity index is 436. The number of alkyl halides is 1. The van der Waals surface area contributed by atoms with Crippen molar-refractivity contribution in [2.75, 3.05) is 31.6 Å². The van der Waals surface area contributed by atoms with Crippen molar-refractivity contribution in [2.24, 2.45) is 0 Å². The molecule has 0 unspecified atom stereocenters. The van der Waals surface area contributed by atoms with Crippen LogP contribution in [-0.4, -0.2) is 42.1 Å². The molecule has 0 saturated carbocycles. The summed E-state index contributed by atoms with van der Waals surface area (Å²) in [6.07, 6.45) is 1.26. The molecule has 1 aliphatic rings. The summed E-state index contributed by atoms with van der Waals surface area (Å²) in [7, 11) is 2.12. The first-order valence-corrected chi connectivity index (χ1v) is 6.64. The molecule has 2 heterocycles. The molecule has 0 spiro atoms. The molecule has 0 aromatic carbocycles. The number of halogens is 2. The quantitative estimate of drug-likeness (QED) is 0.771. The molecule has 5 heteroatoms. The summed E-state index contributed by atoms with van der Waals surface area (Å²) in [6.45, 7) is 7.12. The summed E-state index contributed by atoms with van der Waals surface area (Å²) in [4.78, 5) is 8.73. The maximum Gasteiger partial charge on any atom is 0.141 e. The van der Waals surface area contributed by atoms with Crippen molar-refractivity contribution in [1.82, 2.24) is 9.88 Å². The van der Waals surface area contributed by atoms with Crippen LogP contribution in [0.1, 0.15) is 19.4 Å². The fourth-order valence-electron chi connectivity index (χ4n) is 2.28. The Balaban J connectivity index is 2.27. The molecule has 0 radical (unpaired) electrons. The van der Waals surface area contributed by atoms with Gasteiger partial charge in [0, 0.05) is 30.7 Å². The lowest BCUT2D eigenvalue weighted by Gasteiger charge is -2.46. The first-order valence-electron chi connectivity index (χ1n) is 6.10. The molecule has 18 heavy (non-hydrogen) atoms. The summed E-state index contributed by atoms with van der Waals surface area (Å²) >= 11 is 5.88. The number of anilines is 1. The Labute approximate surface area is 113 Å². The van der Waals surface area contributed by atoms with Gasteiger partial charge in [0.2, 0.25) is 0 Å². The van der Waals surface area contributed by atoms with Gasteiger partial charge >= 0.3 is 0 Å². The van der Waals surface area contributed by atoms with Gasteiger partial charge in [-0.25, -0.2) is 9.37 Å². The molecule has 1 saturated heterocycles. The Morgan fingerprint density at radius 1 is 1.44 bits per heavy atom. The van der Waals surface area contributed by atoms with E-state index in [1.807, 2.05) is 0 Å². The molecule has 3 nitrogen and oxygen atoms in total. The molecule has 0 amide bonds. The average Bonchev–Trinajstić information content (AvgIpc) is 2.32. The van der Waals surface area contributed by atoms with Gasteiger partial charge in [0.25, 0.3) is 0 Å². The van der Waals surface area contributed by atoms with Gasteiger partial charge in [-0.1, -0.05) is 0 Å². The van der Waals surface area contributed by atoms with Gasteiger partial charge in [-0.2, -0.15) is 0 Å². The number of piperazine rings is 1. The first-order chi connectivity index (χ1) is 8.44. The minimum absolute atomic E-state index is 0.0812. The maximum absolute atomic E-state index is 13.2. The highest BCUT2D eigenvalue weighted by Gasteiger charge is 2.32. The molecule has 1 aliphatic heterocycles. The molecule has 1 aromatic heterocycles. The Hall–Kier alpha value is -0.870. The van der Waals surface area contributed by atoms with Crippen LogP contribution in [0, 0.1) is 5.82 Å². The molecule has 0 N–H and O–H groups in total. The van der Waals surface area contributed by atoms with Crippen molar-refractivity contribution in [1.29, 1.82) is 0 Å².